The fraction of sp³-hybridized carbons (Fsp3) is 0.474. The first kappa shape index (κ1) is 19.8. The summed E-state index contributed by atoms with van der Waals surface area (Å²) in [5, 5.41) is 5.52. The summed E-state index contributed by atoms with van der Waals surface area (Å²) < 4.78 is 4.94. The number of benzene rings is 1. The van der Waals surface area contributed by atoms with Crippen LogP contribution in [-0.2, 0) is 14.3 Å². The van der Waals surface area contributed by atoms with Gasteiger partial charge in [-0.05, 0) is 38.2 Å². The highest BCUT2D eigenvalue weighted by atomic mass is 16.5. The van der Waals surface area contributed by atoms with Crippen LogP contribution in [0.2, 0.25) is 0 Å². The summed E-state index contributed by atoms with van der Waals surface area (Å²) in [5.41, 5.74) is 0.938. The third-order valence-electron chi connectivity index (χ3n) is 4.68. The maximum atomic E-state index is 12.6. The van der Waals surface area contributed by atoms with Crippen molar-refractivity contribution in [3.8, 4) is 0 Å². The van der Waals surface area contributed by atoms with E-state index in [-0.39, 0.29) is 18.2 Å². The average molecular weight is 387 g/mol. The number of nitrogens with zero attached hydrogens (tertiary/aromatic N) is 3. The van der Waals surface area contributed by atoms with Crippen LogP contribution in [0.25, 0.3) is 0 Å². The number of carbonyl (C=O) groups excluding carboxylic acids is 3. The second-order valence-electron chi connectivity index (χ2n) is 6.80. The lowest BCUT2D eigenvalue weighted by atomic mass is 10.1. The van der Waals surface area contributed by atoms with Gasteiger partial charge in [0.1, 0.15) is 6.04 Å². The smallest absolute Gasteiger partial charge is 0.338 e. The van der Waals surface area contributed by atoms with Crippen LogP contribution in [0.3, 0.4) is 0 Å². The van der Waals surface area contributed by atoms with Crippen molar-refractivity contribution in [3.05, 3.63) is 29.8 Å². The summed E-state index contributed by atoms with van der Waals surface area (Å²) in [7, 11) is 2.04. The van der Waals surface area contributed by atoms with Gasteiger partial charge in [-0.1, -0.05) is 0 Å². The zero-order valence-corrected chi connectivity index (χ0v) is 16.1. The maximum Gasteiger partial charge on any atom is 0.338 e. The molecule has 0 saturated carbocycles. The van der Waals surface area contributed by atoms with E-state index in [9.17, 15) is 14.4 Å². The quantitative estimate of drug-likeness (QED) is 0.720. The van der Waals surface area contributed by atoms with Gasteiger partial charge in [0.25, 0.3) is 0 Å². The molecule has 9 heteroatoms. The monoisotopic (exact) mass is 387 g/mol. The lowest BCUT2D eigenvalue weighted by molar-refractivity contribution is -0.125. The minimum absolute atomic E-state index is 0.00395. The van der Waals surface area contributed by atoms with Crippen molar-refractivity contribution < 1.29 is 19.1 Å². The molecule has 3 rings (SSSR count). The highest BCUT2D eigenvalue weighted by Gasteiger charge is 2.30. The van der Waals surface area contributed by atoms with Crippen molar-refractivity contribution >= 4 is 29.4 Å². The average Bonchev–Trinajstić information content (AvgIpc) is 2.69. The summed E-state index contributed by atoms with van der Waals surface area (Å²) in [6.45, 7) is 5.29. The number of rotatable bonds is 4. The lowest BCUT2D eigenvalue weighted by Gasteiger charge is -2.36. The number of amides is 2. The number of ether oxygens (including phenoxy) is 1. The Morgan fingerprint density at radius 3 is 2.54 bits per heavy atom. The molecule has 28 heavy (non-hydrogen) atoms. The first-order valence-electron chi connectivity index (χ1n) is 9.35. The van der Waals surface area contributed by atoms with E-state index in [1.807, 2.05) is 11.9 Å². The summed E-state index contributed by atoms with van der Waals surface area (Å²) >= 11 is 0. The molecule has 150 valence electrons. The first-order valence-corrected chi connectivity index (χ1v) is 9.35. The second kappa shape index (κ2) is 8.83. The molecule has 1 aromatic rings. The van der Waals surface area contributed by atoms with E-state index in [1.54, 1.807) is 31.2 Å². The van der Waals surface area contributed by atoms with Crippen LogP contribution >= 0.6 is 0 Å². The molecular formula is C19H25N5O4. The Hall–Kier alpha value is -2.94. The van der Waals surface area contributed by atoms with Crippen molar-refractivity contribution in [1.29, 1.82) is 0 Å². The van der Waals surface area contributed by atoms with E-state index >= 15 is 0 Å². The van der Waals surface area contributed by atoms with Crippen molar-refractivity contribution in [1.82, 2.24) is 15.1 Å². The molecule has 2 aliphatic rings. The number of piperazine rings is 1. The normalized spacial score (nSPS) is 20.2. The summed E-state index contributed by atoms with van der Waals surface area (Å²) in [5.74, 6) is -0.528. The van der Waals surface area contributed by atoms with Crippen LogP contribution in [0, 0.1) is 0 Å². The minimum atomic E-state index is -0.784. The number of anilines is 1. The Morgan fingerprint density at radius 1 is 1.21 bits per heavy atom. The lowest BCUT2D eigenvalue weighted by Crippen LogP contribution is -2.55. The fourth-order valence-electron chi connectivity index (χ4n) is 3.04. The van der Waals surface area contributed by atoms with E-state index < -0.39 is 12.0 Å². The van der Waals surface area contributed by atoms with Gasteiger partial charge in [0.05, 0.1) is 18.6 Å². The molecule has 2 heterocycles. The number of nitrogens with one attached hydrogen (secondary N) is 2. The molecule has 0 spiro atoms. The van der Waals surface area contributed by atoms with E-state index in [4.69, 9.17) is 4.74 Å². The fourth-order valence-corrected chi connectivity index (χ4v) is 3.04. The number of aliphatic imine (C=N–C) groups is 1. The third-order valence-corrected chi connectivity index (χ3v) is 4.68. The van der Waals surface area contributed by atoms with Gasteiger partial charge in [-0.15, -0.1) is 0 Å². The van der Waals surface area contributed by atoms with Gasteiger partial charge in [0.2, 0.25) is 17.8 Å². The van der Waals surface area contributed by atoms with E-state index in [1.165, 1.54) is 0 Å². The topological polar surface area (TPSA) is 103 Å². The van der Waals surface area contributed by atoms with Gasteiger partial charge in [-0.3, -0.25) is 14.9 Å². The minimum Gasteiger partial charge on any atom is -0.462 e. The number of hydrogen-bond acceptors (Lipinski definition) is 7. The molecular weight excluding hydrogens is 362 g/mol. The Bertz CT molecular complexity index is 769. The van der Waals surface area contributed by atoms with Crippen LogP contribution < -0.4 is 10.6 Å². The highest BCUT2D eigenvalue weighted by Crippen LogP contribution is 2.14. The molecule has 0 unspecified atom stereocenters. The van der Waals surface area contributed by atoms with Crippen LogP contribution in [-0.4, -0.2) is 79.4 Å². The SMILES string of the molecule is CCOC(=O)c1ccc(NC(=O)[C@H]2CC(=O)NC(N3CCN(C)CC3)=N2)cc1. The molecule has 2 N–H and O–H groups in total. The number of carbonyl (C=O) groups is 3. The Balaban J connectivity index is 1.65. The van der Waals surface area contributed by atoms with Gasteiger partial charge >= 0.3 is 5.97 Å². The van der Waals surface area contributed by atoms with Crippen molar-refractivity contribution in [2.24, 2.45) is 4.99 Å². The Morgan fingerprint density at radius 2 is 1.89 bits per heavy atom. The van der Waals surface area contributed by atoms with E-state index in [2.05, 4.69) is 20.5 Å². The highest BCUT2D eigenvalue weighted by molar-refractivity contribution is 6.06. The Kier molecular flexibility index (Phi) is 6.25. The van der Waals surface area contributed by atoms with Gasteiger partial charge in [0.15, 0.2) is 0 Å². The summed E-state index contributed by atoms with van der Waals surface area (Å²) in [4.78, 5) is 45.0. The summed E-state index contributed by atoms with van der Waals surface area (Å²) in [6.07, 6.45) is 0.00395. The molecule has 0 aliphatic carbocycles. The predicted molar refractivity (Wildman–Crippen MR) is 104 cm³/mol. The number of likely N-dealkylation sites (N-methyl/N-ethyl adjacent to an activating group) is 1. The molecule has 2 amide bonds. The molecule has 2 aliphatic heterocycles. The largest absolute Gasteiger partial charge is 0.462 e. The zero-order chi connectivity index (χ0) is 20.1. The van der Waals surface area contributed by atoms with Gasteiger partial charge in [-0.25, -0.2) is 9.79 Å². The third kappa shape index (κ3) is 4.86. The van der Waals surface area contributed by atoms with Crippen LogP contribution in [0.4, 0.5) is 5.69 Å². The molecule has 1 fully saturated rings. The summed E-state index contributed by atoms with van der Waals surface area (Å²) in [6, 6.07) is 5.63. The maximum absolute atomic E-state index is 12.6. The van der Waals surface area contributed by atoms with Crippen molar-refractivity contribution in [3.63, 3.8) is 0 Å². The molecule has 9 nitrogen and oxygen atoms in total. The van der Waals surface area contributed by atoms with E-state index in [0.717, 1.165) is 26.2 Å². The number of guanidine groups is 1. The van der Waals surface area contributed by atoms with Crippen LogP contribution in [0.15, 0.2) is 29.3 Å². The number of hydrogen-bond donors (Lipinski definition) is 2. The molecule has 0 bridgehead atoms. The standard InChI is InChI=1S/C19H25N5O4/c1-3-28-18(27)13-4-6-14(7-5-13)20-17(26)15-12-16(25)22-19(21-15)24-10-8-23(2)9-11-24/h4-7,15H,3,8-12H2,1-2H3,(H,20,26)(H,21,22,25)/t15-/m1/s1. The van der Waals surface area contributed by atoms with Gasteiger partial charge in [0, 0.05) is 31.9 Å². The zero-order valence-electron chi connectivity index (χ0n) is 16.1. The molecule has 1 atom stereocenters. The van der Waals surface area contributed by atoms with Crippen molar-refractivity contribution in [2.45, 2.75) is 19.4 Å². The first-order chi connectivity index (χ1) is 13.5. The second-order valence-corrected chi connectivity index (χ2v) is 6.80. The van der Waals surface area contributed by atoms with Gasteiger partial charge in [-0.2, -0.15) is 0 Å². The molecule has 0 aromatic heterocycles. The predicted octanol–water partition coefficient (Wildman–Crippen LogP) is 0.294. The molecule has 0 radical (unpaired) electrons. The van der Waals surface area contributed by atoms with E-state index in [0.29, 0.717) is 23.8 Å². The Labute approximate surface area is 163 Å². The van der Waals surface area contributed by atoms with Gasteiger partial charge < -0.3 is 19.9 Å². The molecule has 1 saturated heterocycles. The van der Waals surface area contributed by atoms with Crippen LogP contribution in [0.1, 0.15) is 23.7 Å². The van der Waals surface area contributed by atoms with Crippen LogP contribution in [0.5, 0.6) is 0 Å². The molecule has 1 aromatic carbocycles. The van der Waals surface area contributed by atoms with Crippen molar-refractivity contribution in [2.75, 3.05) is 45.2 Å². The number of esters is 1.